The number of hydrogen-bond donors (Lipinski definition) is 1. The third-order valence-corrected chi connectivity index (χ3v) is 4.10. The van der Waals surface area contributed by atoms with Gasteiger partial charge in [0.1, 0.15) is 11.6 Å². The zero-order chi connectivity index (χ0) is 15.9. The van der Waals surface area contributed by atoms with Gasteiger partial charge in [0, 0.05) is 18.3 Å². The largest absolute Gasteiger partial charge is 0.363 e. The number of aryl methyl sites for hydroxylation is 3. The Bertz CT molecular complexity index is 834. The highest BCUT2D eigenvalue weighted by atomic mass is 15.1. The normalized spacial score (nSPS) is 12.6. The Kier molecular flexibility index (Phi) is 3.56. The van der Waals surface area contributed by atoms with Crippen LogP contribution in [0.1, 0.15) is 35.6 Å². The molecule has 3 aromatic rings. The zero-order valence-corrected chi connectivity index (χ0v) is 13.7. The highest BCUT2D eigenvalue weighted by Crippen LogP contribution is 2.24. The summed E-state index contributed by atoms with van der Waals surface area (Å²) in [6.45, 7) is 8.12. The molecular formula is C17H21N5. The lowest BCUT2D eigenvalue weighted by atomic mass is 10.1. The Labute approximate surface area is 130 Å². The second kappa shape index (κ2) is 5.40. The first kappa shape index (κ1) is 14.5. The Morgan fingerprint density at radius 1 is 1.14 bits per heavy atom. The fourth-order valence-electron chi connectivity index (χ4n) is 2.62. The standard InChI is InChI=1S/C17H21N5/c1-10-11(2)19-13(4)21-17(10)20-12(3)14-6-7-16-15(8-14)18-9-22(16)5/h6-9,12H,1-5H3,(H,19,20,21). The molecule has 1 atom stereocenters. The number of imidazole rings is 1. The average molecular weight is 295 g/mol. The van der Waals surface area contributed by atoms with Crippen LogP contribution in [0.15, 0.2) is 24.5 Å². The maximum absolute atomic E-state index is 4.52. The maximum Gasteiger partial charge on any atom is 0.133 e. The lowest BCUT2D eigenvalue weighted by Crippen LogP contribution is -2.11. The van der Waals surface area contributed by atoms with Crippen LogP contribution in [-0.2, 0) is 7.05 Å². The van der Waals surface area contributed by atoms with Gasteiger partial charge in [0.2, 0.25) is 0 Å². The number of nitrogens with zero attached hydrogens (tertiary/aromatic N) is 4. The van der Waals surface area contributed by atoms with Crippen LogP contribution >= 0.6 is 0 Å². The summed E-state index contributed by atoms with van der Waals surface area (Å²) < 4.78 is 2.03. The number of benzene rings is 1. The quantitative estimate of drug-likeness (QED) is 0.804. The van der Waals surface area contributed by atoms with Gasteiger partial charge in [0.05, 0.1) is 23.4 Å². The number of hydrogen-bond acceptors (Lipinski definition) is 4. The lowest BCUT2D eigenvalue weighted by molar-refractivity contribution is 0.858. The molecule has 1 N–H and O–H groups in total. The molecule has 0 bridgehead atoms. The van der Waals surface area contributed by atoms with E-state index in [1.54, 1.807) is 0 Å². The molecule has 0 radical (unpaired) electrons. The molecule has 0 aliphatic rings. The van der Waals surface area contributed by atoms with E-state index in [1.165, 1.54) is 5.56 Å². The molecule has 5 nitrogen and oxygen atoms in total. The van der Waals surface area contributed by atoms with E-state index in [0.717, 1.165) is 33.9 Å². The molecular weight excluding hydrogens is 274 g/mol. The Morgan fingerprint density at radius 3 is 2.68 bits per heavy atom. The van der Waals surface area contributed by atoms with Crippen molar-refractivity contribution in [1.29, 1.82) is 0 Å². The van der Waals surface area contributed by atoms with Gasteiger partial charge in [-0.25, -0.2) is 15.0 Å². The highest BCUT2D eigenvalue weighted by molar-refractivity contribution is 5.76. The first-order valence-electron chi connectivity index (χ1n) is 7.45. The van der Waals surface area contributed by atoms with Gasteiger partial charge in [0.25, 0.3) is 0 Å². The maximum atomic E-state index is 4.52. The van der Waals surface area contributed by atoms with Crippen molar-refractivity contribution < 1.29 is 0 Å². The smallest absolute Gasteiger partial charge is 0.133 e. The Hall–Kier alpha value is -2.43. The van der Waals surface area contributed by atoms with Gasteiger partial charge < -0.3 is 9.88 Å². The van der Waals surface area contributed by atoms with Crippen LogP contribution < -0.4 is 5.32 Å². The summed E-state index contributed by atoms with van der Waals surface area (Å²) in [6.07, 6.45) is 1.84. The topological polar surface area (TPSA) is 55.6 Å². The van der Waals surface area contributed by atoms with Crippen molar-refractivity contribution in [1.82, 2.24) is 19.5 Å². The molecule has 1 aromatic carbocycles. The molecule has 5 heteroatoms. The number of fused-ring (bicyclic) bond motifs is 1. The van der Waals surface area contributed by atoms with Gasteiger partial charge in [-0.15, -0.1) is 0 Å². The molecule has 2 heterocycles. The first-order chi connectivity index (χ1) is 10.5. The van der Waals surface area contributed by atoms with Crippen LogP contribution in [0, 0.1) is 20.8 Å². The lowest BCUT2D eigenvalue weighted by Gasteiger charge is -2.18. The third-order valence-electron chi connectivity index (χ3n) is 4.10. The van der Waals surface area contributed by atoms with Crippen LogP contribution in [0.3, 0.4) is 0 Å². The SMILES string of the molecule is Cc1nc(C)c(C)c(NC(C)c2ccc3c(c2)ncn3C)n1. The molecule has 0 fully saturated rings. The van der Waals surface area contributed by atoms with Crippen molar-refractivity contribution in [2.45, 2.75) is 33.7 Å². The molecule has 3 rings (SSSR count). The van der Waals surface area contributed by atoms with E-state index in [1.807, 2.05) is 38.7 Å². The number of aromatic nitrogens is 4. The molecule has 22 heavy (non-hydrogen) atoms. The summed E-state index contributed by atoms with van der Waals surface area (Å²) in [5.74, 6) is 1.69. The van der Waals surface area contributed by atoms with Gasteiger partial charge in [-0.05, 0) is 45.4 Å². The fourth-order valence-corrected chi connectivity index (χ4v) is 2.62. The summed E-state index contributed by atoms with van der Waals surface area (Å²) in [5, 5.41) is 3.49. The summed E-state index contributed by atoms with van der Waals surface area (Å²) in [6, 6.07) is 6.53. The first-order valence-corrected chi connectivity index (χ1v) is 7.45. The minimum atomic E-state index is 0.152. The van der Waals surface area contributed by atoms with Crippen LogP contribution in [0.5, 0.6) is 0 Å². The van der Waals surface area contributed by atoms with Gasteiger partial charge >= 0.3 is 0 Å². The summed E-state index contributed by atoms with van der Waals surface area (Å²) in [7, 11) is 2.01. The second-order valence-corrected chi connectivity index (χ2v) is 5.80. The molecule has 2 aromatic heterocycles. The molecule has 0 saturated heterocycles. The molecule has 0 aliphatic heterocycles. The molecule has 0 aliphatic carbocycles. The highest BCUT2D eigenvalue weighted by Gasteiger charge is 2.12. The van der Waals surface area contributed by atoms with Crippen molar-refractivity contribution >= 4 is 16.9 Å². The predicted octanol–water partition coefficient (Wildman–Crippen LogP) is 3.46. The summed E-state index contributed by atoms with van der Waals surface area (Å²) in [5.41, 5.74) is 5.46. The van der Waals surface area contributed by atoms with Crippen LogP contribution in [0.4, 0.5) is 5.82 Å². The zero-order valence-electron chi connectivity index (χ0n) is 13.7. The van der Waals surface area contributed by atoms with Crippen molar-refractivity contribution in [2.75, 3.05) is 5.32 Å². The van der Waals surface area contributed by atoms with Gasteiger partial charge in [-0.1, -0.05) is 6.07 Å². The van der Waals surface area contributed by atoms with Gasteiger partial charge in [0.15, 0.2) is 0 Å². The minimum Gasteiger partial charge on any atom is -0.363 e. The van der Waals surface area contributed by atoms with E-state index < -0.39 is 0 Å². The molecule has 0 amide bonds. The van der Waals surface area contributed by atoms with E-state index in [0.29, 0.717) is 0 Å². The van der Waals surface area contributed by atoms with Crippen molar-refractivity contribution in [3.8, 4) is 0 Å². The molecule has 1 unspecified atom stereocenters. The van der Waals surface area contributed by atoms with Crippen molar-refractivity contribution in [3.05, 3.63) is 47.2 Å². The van der Waals surface area contributed by atoms with Gasteiger partial charge in [-0.2, -0.15) is 0 Å². The van der Waals surface area contributed by atoms with Gasteiger partial charge in [-0.3, -0.25) is 0 Å². The van der Waals surface area contributed by atoms with E-state index in [-0.39, 0.29) is 6.04 Å². The van der Waals surface area contributed by atoms with Crippen LogP contribution in [-0.4, -0.2) is 19.5 Å². The van der Waals surface area contributed by atoms with Crippen LogP contribution in [0.25, 0.3) is 11.0 Å². The number of anilines is 1. The van der Waals surface area contributed by atoms with E-state index in [9.17, 15) is 0 Å². The van der Waals surface area contributed by atoms with Crippen molar-refractivity contribution in [2.24, 2.45) is 7.05 Å². The fraction of sp³-hybridized carbons (Fsp3) is 0.353. The minimum absolute atomic E-state index is 0.152. The predicted molar refractivity (Wildman–Crippen MR) is 89.0 cm³/mol. The Morgan fingerprint density at radius 2 is 1.91 bits per heavy atom. The molecule has 114 valence electrons. The Balaban J connectivity index is 1.91. The molecule has 0 saturated carbocycles. The second-order valence-electron chi connectivity index (χ2n) is 5.80. The monoisotopic (exact) mass is 295 g/mol. The summed E-state index contributed by atoms with van der Waals surface area (Å²) >= 11 is 0. The van der Waals surface area contributed by atoms with E-state index in [4.69, 9.17) is 0 Å². The van der Waals surface area contributed by atoms with Crippen molar-refractivity contribution in [3.63, 3.8) is 0 Å². The average Bonchev–Trinajstić information content (AvgIpc) is 2.85. The third kappa shape index (κ3) is 2.54. The molecule has 0 spiro atoms. The van der Waals surface area contributed by atoms with E-state index in [2.05, 4.69) is 45.4 Å². The van der Waals surface area contributed by atoms with Crippen LogP contribution in [0.2, 0.25) is 0 Å². The van der Waals surface area contributed by atoms with E-state index >= 15 is 0 Å². The summed E-state index contributed by atoms with van der Waals surface area (Å²) in [4.78, 5) is 13.3. The number of rotatable bonds is 3. The number of nitrogens with one attached hydrogen (secondary N) is 1.